The molecule has 8 heteroatoms. The number of piperidine rings is 1. The molecular formula is C19H24N6OS. The number of amides is 1. The average Bonchev–Trinajstić information content (AvgIpc) is 3.28. The first-order valence-corrected chi connectivity index (χ1v) is 10.1. The lowest BCUT2D eigenvalue weighted by molar-refractivity contribution is 0.0829. The molecule has 4 rings (SSSR count). The van der Waals surface area contributed by atoms with Crippen molar-refractivity contribution < 1.29 is 4.79 Å². The number of hydrogen-bond acceptors (Lipinski definition) is 6. The molecule has 1 fully saturated rings. The van der Waals surface area contributed by atoms with Crippen LogP contribution in [0.5, 0.6) is 0 Å². The van der Waals surface area contributed by atoms with Crippen LogP contribution in [0, 0.1) is 6.92 Å². The van der Waals surface area contributed by atoms with Gasteiger partial charge in [0.1, 0.15) is 5.56 Å². The lowest BCUT2D eigenvalue weighted by Crippen LogP contribution is -2.34. The van der Waals surface area contributed by atoms with Crippen molar-refractivity contribution in [2.24, 2.45) is 0 Å². The number of rotatable bonds is 4. The number of aryl methyl sites for hydroxylation is 1. The molecule has 27 heavy (non-hydrogen) atoms. The van der Waals surface area contributed by atoms with E-state index in [1.807, 2.05) is 16.1 Å². The molecule has 142 valence electrons. The van der Waals surface area contributed by atoms with Gasteiger partial charge in [-0.25, -0.2) is 14.5 Å². The minimum atomic E-state index is -0.0737. The van der Waals surface area contributed by atoms with E-state index in [4.69, 9.17) is 0 Å². The van der Waals surface area contributed by atoms with Crippen molar-refractivity contribution in [3.05, 3.63) is 45.8 Å². The molecule has 0 aliphatic carbocycles. The lowest BCUT2D eigenvalue weighted by Gasteiger charge is -2.35. The van der Waals surface area contributed by atoms with Gasteiger partial charge >= 0.3 is 0 Å². The van der Waals surface area contributed by atoms with E-state index in [1.54, 1.807) is 42.7 Å². The van der Waals surface area contributed by atoms with Crippen LogP contribution < -0.4 is 0 Å². The molecule has 0 N–H and O–H groups in total. The van der Waals surface area contributed by atoms with E-state index < -0.39 is 0 Å². The molecule has 7 nitrogen and oxygen atoms in total. The third-order valence-electron chi connectivity index (χ3n) is 5.21. The topological polar surface area (TPSA) is 66.6 Å². The number of hydrogen-bond donors (Lipinski definition) is 0. The van der Waals surface area contributed by atoms with E-state index in [0.29, 0.717) is 11.2 Å². The van der Waals surface area contributed by atoms with Gasteiger partial charge in [0.25, 0.3) is 5.91 Å². The third-order valence-corrected chi connectivity index (χ3v) is 6.13. The summed E-state index contributed by atoms with van der Waals surface area (Å²) in [5.41, 5.74) is 5.30. The Bertz CT molecular complexity index is 962. The maximum atomic E-state index is 12.4. The van der Waals surface area contributed by atoms with E-state index in [2.05, 4.69) is 26.9 Å². The number of carbonyl (C=O) groups excluding carboxylic acids is 1. The molecule has 4 heterocycles. The van der Waals surface area contributed by atoms with E-state index in [0.717, 1.165) is 30.9 Å². The second-order valence-corrected chi connectivity index (χ2v) is 8.15. The fraction of sp³-hybridized carbons (Fsp3) is 0.474. The molecule has 0 spiro atoms. The molecule has 3 aromatic rings. The van der Waals surface area contributed by atoms with Crippen molar-refractivity contribution in [3.8, 4) is 0 Å². The van der Waals surface area contributed by atoms with E-state index >= 15 is 0 Å². The molecular weight excluding hydrogens is 360 g/mol. The minimum absolute atomic E-state index is 0.0737. The Morgan fingerprint density at radius 3 is 2.93 bits per heavy atom. The van der Waals surface area contributed by atoms with Crippen LogP contribution in [0.4, 0.5) is 0 Å². The first-order chi connectivity index (χ1) is 13.1. The van der Waals surface area contributed by atoms with Gasteiger partial charge in [-0.2, -0.15) is 5.10 Å². The Balaban J connectivity index is 1.71. The van der Waals surface area contributed by atoms with Crippen LogP contribution >= 0.6 is 11.3 Å². The zero-order chi connectivity index (χ0) is 19.0. The maximum Gasteiger partial charge on any atom is 0.258 e. The van der Waals surface area contributed by atoms with E-state index in [9.17, 15) is 4.79 Å². The lowest BCUT2D eigenvalue weighted by atomic mass is 9.99. The van der Waals surface area contributed by atoms with Gasteiger partial charge < -0.3 is 4.90 Å². The van der Waals surface area contributed by atoms with Gasteiger partial charge in [0, 0.05) is 31.7 Å². The predicted octanol–water partition coefficient (Wildman–Crippen LogP) is 2.92. The maximum absolute atomic E-state index is 12.4. The highest BCUT2D eigenvalue weighted by Gasteiger charge is 2.28. The highest BCUT2D eigenvalue weighted by atomic mass is 32.1. The number of carbonyl (C=O) groups is 1. The molecule has 0 unspecified atom stereocenters. The number of thiazole rings is 1. The first-order valence-electron chi connectivity index (χ1n) is 9.23. The van der Waals surface area contributed by atoms with Crippen molar-refractivity contribution >= 4 is 22.9 Å². The standard InChI is InChI=1S/C19H24N6OS/c1-13-17(27-12-21-13)11-24-9-5-4-6-15(24)16-7-8-20-18-14(10-22-25(16)18)19(26)23(2)3/h7-8,10,12,15H,4-6,9,11H2,1-3H3/t15-/m0/s1. The fourth-order valence-corrected chi connectivity index (χ4v) is 4.53. The van der Waals surface area contributed by atoms with Crippen LogP contribution in [-0.2, 0) is 6.54 Å². The van der Waals surface area contributed by atoms with E-state index in [-0.39, 0.29) is 11.9 Å². The molecule has 0 radical (unpaired) electrons. The third kappa shape index (κ3) is 3.35. The summed E-state index contributed by atoms with van der Waals surface area (Å²) in [5.74, 6) is -0.0737. The predicted molar refractivity (Wildman–Crippen MR) is 105 cm³/mol. The minimum Gasteiger partial charge on any atom is -0.345 e. The summed E-state index contributed by atoms with van der Waals surface area (Å²) in [6, 6.07) is 2.29. The largest absolute Gasteiger partial charge is 0.345 e. The summed E-state index contributed by atoms with van der Waals surface area (Å²) in [5, 5.41) is 4.52. The molecule has 0 bridgehead atoms. The van der Waals surface area contributed by atoms with Gasteiger partial charge in [-0.3, -0.25) is 9.69 Å². The van der Waals surface area contributed by atoms with Crippen molar-refractivity contribution in [3.63, 3.8) is 0 Å². The van der Waals surface area contributed by atoms with Gasteiger partial charge in [-0.05, 0) is 32.4 Å². The van der Waals surface area contributed by atoms with Crippen LogP contribution in [0.15, 0.2) is 24.0 Å². The van der Waals surface area contributed by atoms with Crippen molar-refractivity contribution in [1.82, 2.24) is 29.4 Å². The number of fused-ring (bicyclic) bond motifs is 1. The molecule has 0 saturated carbocycles. The second kappa shape index (κ2) is 7.36. The Labute approximate surface area is 162 Å². The summed E-state index contributed by atoms with van der Waals surface area (Å²) in [7, 11) is 3.49. The van der Waals surface area contributed by atoms with Crippen molar-refractivity contribution in [2.45, 2.75) is 38.8 Å². The van der Waals surface area contributed by atoms with Crippen LogP contribution in [0.3, 0.4) is 0 Å². The zero-order valence-electron chi connectivity index (χ0n) is 15.9. The SMILES string of the molecule is Cc1ncsc1CN1CCCC[C@H]1c1ccnc2c(C(=O)N(C)C)cnn12. The molecule has 1 amide bonds. The van der Waals surface area contributed by atoms with Crippen LogP contribution in [0.2, 0.25) is 0 Å². The molecule has 3 aromatic heterocycles. The Morgan fingerprint density at radius 2 is 2.19 bits per heavy atom. The molecule has 0 aromatic carbocycles. The summed E-state index contributed by atoms with van der Waals surface area (Å²) in [4.78, 5) is 26.7. The first kappa shape index (κ1) is 18.1. The summed E-state index contributed by atoms with van der Waals surface area (Å²) >= 11 is 1.72. The number of aromatic nitrogens is 4. The molecule has 1 saturated heterocycles. The normalized spacial score (nSPS) is 18.1. The average molecular weight is 385 g/mol. The van der Waals surface area contributed by atoms with Gasteiger partial charge in [0.05, 0.1) is 29.1 Å². The monoisotopic (exact) mass is 384 g/mol. The van der Waals surface area contributed by atoms with Gasteiger partial charge in [0.15, 0.2) is 5.65 Å². The summed E-state index contributed by atoms with van der Waals surface area (Å²) in [6.45, 7) is 4.02. The van der Waals surface area contributed by atoms with Crippen LogP contribution in [0.1, 0.15) is 51.9 Å². The quantitative estimate of drug-likeness (QED) is 0.692. The smallest absolute Gasteiger partial charge is 0.258 e. The number of nitrogens with zero attached hydrogens (tertiary/aromatic N) is 6. The van der Waals surface area contributed by atoms with Crippen LogP contribution in [0.25, 0.3) is 5.65 Å². The molecule has 1 aliphatic rings. The molecule has 1 aliphatic heterocycles. The van der Waals surface area contributed by atoms with Crippen molar-refractivity contribution in [2.75, 3.05) is 20.6 Å². The zero-order valence-corrected chi connectivity index (χ0v) is 16.7. The highest BCUT2D eigenvalue weighted by molar-refractivity contribution is 7.09. The Kier molecular flexibility index (Phi) is 4.92. The summed E-state index contributed by atoms with van der Waals surface area (Å²) in [6.07, 6.45) is 6.90. The number of likely N-dealkylation sites (tertiary alicyclic amines) is 1. The Hall–Kier alpha value is -2.32. The highest BCUT2D eigenvalue weighted by Crippen LogP contribution is 2.33. The van der Waals surface area contributed by atoms with Gasteiger partial charge in [-0.1, -0.05) is 6.42 Å². The van der Waals surface area contributed by atoms with Gasteiger partial charge in [-0.15, -0.1) is 11.3 Å². The summed E-state index contributed by atoms with van der Waals surface area (Å²) < 4.78 is 1.85. The van der Waals surface area contributed by atoms with Gasteiger partial charge in [0.2, 0.25) is 0 Å². The van der Waals surface area contributed by atoms with Crippen molar-refractivity contribution in [1.29, 1.82) is 0 Å². The Morgan fingerprint density at radius 1 is 1.33 bits per heavy atom. The van der Waals surface area contributed by atoms with Crippen LogP contribution in [-0.4, -0.2) is 55.9 Å². The van der Waals surface area contributed by atoms with E-state index in [1.165, 1.54) is 17.7 Å². The second-order valence-electron chi connectivity index (χ2n) is 7.21. The fourth-order valence-electron chi connectivity index (χ4n) is 3.73. The molecule has 1 atom stereocenters.